The molecular formula is C27H27BrN4O6. The van der Waals surface area contributed by atoms with E-state index in [-0.39, 0.29) is 12.5 Å². The van der Waals surface area contributed by atoms with Crippen molar-refractivity contribution in [2.24, 2.45) is 5.10 Å². The fourth-order valence-corrected chi connectivity index (χ4v) is 3.64. The topological polar surface area (TPSA) is 127 Å². The Balaban J connectivity index is 1.53. The highest BCUT2D eigenvalue weighted by atomic mass is 79.9. The first-order valence-electron chi connectivity index (χ1n) is 11.6. The number of rotatable bonds is 11. The molecule has 3 aromatic rings. The van der Waals surface area contributed by atoms with Crippen molar-refractivity contribution < 1.29 is 28.6 Å². The molecule has 198 valence electrons. The molecule has 38 heavy (non-hydrogen) atoms. The number of hydrogen-bond donors (Lipinski definition) is 3. The molecule has 0 aliphatic carbocycles. The van der Waals surface area contributed by atoms with Gasteiger partial charge in [-0.2, -0.15) is 5.10 Å². The maximum absolute atomic E-state index is 12.2. The summed E-state index contributed by atoms with van der Waals surface area (Å²) in [6.07, 6.45) is 2.22. The van der Waals surface area contributed by atoms with Gasteiger partial charge in [-0.3, -0.25) is 14.4 Å². The molecule has 0 unspecified atom stereocenters. The highest BCUT2D eigenvalue weighted by Gasteiger charge is 2.15. The first-order valence-corrected chi connectivity index (χ1v) is 12.4. The van der Waals surface area contributed by atoms with Crippen molar-refractivity contribution in [2.45, 2.75) is 13.3 Å². The van der Waals surface area contributed by atoms with Crippen LogP contribution in [0, 0.1) is 0 Å². The molecule has 0 saturated carbocycles. The van der Waals surface area contributed by atoms with Crippen molar-refractivity contribution >= 4 is 51.2 Å². The number of hydrazone groups is 1. The number of hydrogen-bond acceptors (Lipinski definition) is 7. The summed E-state index contributed by atoms with van der Waals surface area (Å²) in [4.78, 5) is 36.5. The van der Waals surface area contributed by atoms with Crippen LogP contribution in [0.15, 0.2) is 76.3 Å². The molecule has 0 radical (unpaired) electrons. The van der Waals surface area contributed by atoms with E-state index in [9.17, 15) is 14.4 Å². The van der Waals surface area contributed by atoms with Crippen LogP contribution in [0.3, 0.4) is 0 Å². The van der Waals surface area contributed by atoms with E-state index in [1.807, 2.05) is 25.1 Å². The molecule has 11 heteroatoms. The third-order valence-electron chi connectivity index (χ3n) is 4.83. The van der Waals surface area contributed by atoms with E-state index in [1.165, 1.54) is 13.3 Å². The molecule has 0 atom stereocenters. The number of amides is 3. The van der Waals surface area contributed by atoms with Crippen LogP contribution in [-0.4, -0.2) is 44.3 Å². The molecule has 3 N–H and O–H groups in total. The van der Waals surface area contributed by atoms with Gasteiger partial charge in [0.2, 0.25) is 0 Å². The average Bonchev–Trinajstić information content (AvgIpc) is 2.92. The van der Waals surface area contributed by atoms with Crippen LogP contribution in [0.25, 0.3) is 0 Å². The second-order valence-corrected chi connectivity index (χ2v) is 8.62. The van der Waals surface area contributed by atoms with Gasteiger partial charge >= 0.3 is 11.8 Å². The van der Waals surface area contributed by atoms with Crippen LogP contribution in [-0.2, 0) is 14.4 Å². The zero-order valence-corrected chi connectivity index (χ0v) is 22.4. The van der Waals surface area contributed by atoms with Gasteiger partial charge in [0.1, 0.15) is 5.75 Å². The molecule has 0 aliphatic rings. The molecule has 0 heterocycles. The van der Waals surface area contributed by atoms with E-state index < -0.39 is 11.8 Å². The number of para-hydroxylation sites is 1. The van der Waals surface area contributed by atoms with E-state index in [4.69, 9.17) is 14.2 Å². The van der Waals surface area contributed by atoms with Crippen molar-refractivity contribution in [3.63, 3.8) is 0 Å². The summed E-state index contributed by atoms with van der Waals surface area (Å²) in [5, 5.41) is 9.06. The van der Waals surface area contributed by atoms with Crippen molar-refractivity contribution in [3.8, 4) is 17.2 Å². The predicted octanol–water partition coefficient (Wildman–Crippen LogP) is 4.35. The lowest BCUT2D eigenvalue weighted by Crippen LogP contribution is -2.32. The van der Waals surface area contributed by atoms with Gasteiger partial charge in [0.05, 0.1) is 24.4 Å². The zero-order chi connectivity index (χ0) is 27.3. The SMILES string of the molecule is CCCOc1ccc(NC(=O)C(=O)N/N=C\c2cc(Br)c(OCC(=O)Nc3ccccc3)c(OC)c2)cc1. The number of nitrogens with zero attached hydrogens (tertiary/aromatic N) is 1. The Kier molecular flexibility index (Phi) is 10.7. The van der Waals surface area contributed by atoms with Gasteiger partial charge in [0, 0.05) is 11.4 Å². The molecule has 0 saturated heterocycles. The number of ether oxygens (including phenoxy) is 3. The van der Waals surface area contributed by atoms with Crippen molar-refractivity contribution in [2.75, 3.05) is 31.0 Å². The Morgan fingerprint density at radius 3 is 2.32 bits per heavy atom. The summed E-state index contributed by atoms with van der Waals surface area (Å²) in [5.41, 5.74) is 3.82. The van der Waals surface area contributed by atoms with Crippen molar-refractivity contribution in [3.05, 3.63) is 76.8 Å². The quantitative estimate of drug-likeness (QED) is 0.175. The number of carbonyl (C=O) groups is 3. The molecule has 3 amide bonds. The lowest BCUT2D eigenvalue weighted by atomic mass is 10.2. The number of halogens is 1. The fraction of sp³-hybridized carbons (Fsp3) is 0.185. The van der Waals surface area contributed by atoms with Crippen molar-refractivity contribution in [1.29, 1.82) is 0 Å². The van der Waals surface area contributed by atoms with Crippen LogP contribution in [0.2, 0.25) is 0 Å². The van der Waals surface area contributed by atoms with Gasteiger partial charge in [-0.25, -0.2) is 5.43 Å². The van der Waals surface area contributed by atoms with Crippen LogP contribution in [0.1, 0.15) is 18.9 Å². The van der Waals surface area contributed by atoms with Gasteiger partial charge in [0.15, 0.2) is 18.1 Å². The molecule has 0 spiro atoms. The third-order valence-corrected chi connectivity index (χ3v) is 5.42. The number of methoxy groups -OCH3 is 1. The van der Waals surface area contributed by atoms with Gasteiger partial charge in [-0.05, 0) is 76.4 Å². The molecule has 10 nitrogen and oxygen atoms in total. The Morgan fingerprint density at radius 2 is 1.63 bits per heavy atom. The maximum atomic E-state index is 12.2. The fourth-order valence-electron chi connectivity index (χ4n) is 3.07. The highest BCUT2D eigenvalue weighted by molar-refractivity contribution is 9.10. The van der Waals surface area contributed by atoms with Gasteiger partial charge in [-0.15, -0.1) is 0 Å². The standard InChI is InChI=1S/C27H27BrN4O6/c1-3-13-37-21-11-9-20(10-12-21)31-26(34)27(35)32-29-16-18-14-22(28)25(23(15-18)36-2)38-17-24(33)30-19-7-5-4-6-8-19/h4-12,14-16H,3,13,17H2,1-2H3,(H,30,33)(H,31,34)(H,32,35)/b29-16-. The first-order chi connectivity index (χ1) is 18.4. The number of benzene rings is 3. The molecule has 0 fully saturated rings. The largest absolute Gasteiger partial charge is 0.494 e. The second kappa shape index (κ2) is 14.4. The Morgan fingerprint density at radius 1 is 0.921 bits per heavy atom. The minimum Gasteiger partial charge on any atom is -0.494 e. The van der Waals surface area contributed by atoms with E-state index in [1.54, 1.807) is 48.5 Å². The lowest BCUT2D eigenvalue weighted by Gasteiger charge is -2.13. The van der Waals surface area contributed by atoms with Crippen LogP contribution >= 0.6 is 15.9 Å². The predicted molar refractivity (Wildman–Crippen MR) is 148 cm³/mol. The minimum atomic E-state index is -0.942. The minimum absolute atomic E-state index is 0.239. The van der Waals surface area contributed by atoms with Gasteiger partial charge in [0.25, 0.3) is 5.91 Å². The Bertz CT molecular complexity index is 1280. The number of anilines is 2. The maximum Gasteiger partial charge on any atom is 0.329 e. The molecule has 0 aliphatic heterocycles. The van der Waals surface area contributed by atoms with Crippen molar-refractivity contribution in [1.82, 2.24) is 5.43 Å². The van der Waals surface area contributed by atoms with E-state index in [0.29, 0.717) is 45.3 Å². The van der Waals surface area contributed by atoms with Gasteiger partial charge < -0.3 is 24.8 Å². The Hall–Kier alpha value is -4.38. The van der Waals surface area contributed by atoms with E-state index in [2.05, 4.69) is 37.1 Å². The summed E-state index contributed by atoms with van der Waals surface area (Å²) >= 11 is 3.40. The highest BCUT2D eigenvalue weighted by Crippen LogP contribution is 2.36. The average molecular weight is 583 g/mol. The third kappa shape index (κ3) is 8.63. The summed E-state index contributed by atoms with van der Waals surface area (Å²) < 4.78 is 17.0. The molecular weight excluding hydrogens is 556 g/mol. The second-order valence-electron chi connectivity index (χ2n) is 7.76. The summed E-state index contributed by atoms with van der Waals surface area (Å²) in [6.45, 7) is 2.36. The van der Waals surface area contributed by atoms with E-state index >= 15 is 0 Å². The molecule has 0 bridgehead atoms. The first kappa shape index (κ1) is 28.2. The van der Waals surface area contributed by atoms with Crippen LogP contribution in [0.4, 0.5) is 11.4 Å². The summed E-state index contributed by atoms with van der Waals surface area (Å²) in [7, 11) is 1.45. The van der Waals surface area contributed by atoms with E-state index in [0.717, 1.165) is 6.42 Å². The number of nitrogens with one attached hydrogen (secondary N) is 3. The summed E-state index contributed by atoms with van der Waals surface area (Å²) in [6, 6.07) is 19.0. The van der Waals surface area contributed by atoms with Crippen LogP contribution < -0.4 is 30.3 Å². The van der Waals surface area contributed by atoms with Gasteiger partial charge in [-0.1, -0.05) is 25.1 Å². The summed E-state index contributed by atoms with van der Waals surface area (Å²) in [5.74, 6) is -0.820. The molecule has 3 rings (SSSR count). The normalized spacial score (nSPS) is 10.5. The smallest absolute Gasteiger partial charge is 0.329 e. The monoisotopic (exact) mass is 582 g/mol. The zero-order valence-electron chi connectivity index (χ0n) is 20.8. The Labute approximate surface area is 228 Å². The molecule has 0 aromatic heterocycles. The number of carbonyl (C=O) groups excluding carboxylic acids is 3. The molecule has 3 aromatic carbocycles. The lowest BCUT2D eigenvalue weighted by molar-refractivity contribution is -0.136. The van der Waals surface area contributed by atoms with Crippen LogP contribution in [0.5, 0.6) is 17.2 Å².